The third kappa shape index (κ3) is 6.33. The molecule has 18 heavy (non-hydrogen) atoms. The number of ether oxygens (including phenoxy) is 1. The molecule has 102 valence electrons. The van der Waals surface area contributed by atoms with Gasteiger partial charge in [-0.3, -0.25) is 4.79 Å². The minimum Gasteiger partial charge on any atom is -0.380 e. The third-order valence-electron chi connectivity index (χ3n) is 2.54. The molecule has 0 radical (unpaired) electrons. The van der Waals surface area contributed by atoms with Gasteiger partial charge in [0.15, 0.2) is 0 Å². The molecule has 0 fully saturated rings. The molecule has 0 spiro atoms. The molecule has 4 nitrogen and oxygen atoms in total. The van der Waals surface area contributed by atoms with Crippen molar-refractivity contribution in [3.63, 3.8) is 0 Å². The minimum absolute atomic E-state index is 0.0270. The highest BCUT2D eigenvalue weighted by atomic mass is 79.9. The van der Waals surface area contributed by atoms with Gasteiger partial charge in [-0.2, -0.15) is 0 Å². The van der Waals surface area contributed by atoms with Gasteiger partial charge < -0.3 is 14.6 Å². The fraction of sp³-hybridized carbons (Fsp3) is 0.615. The first-order valence-electron chi connectivity index (χ1n) is 6.38. The van der Waals surface area contributed by atoms with E-state index < -0.39 is 0 Å². The molecular weight excluding hydrogens is 296 g/mol. The Morgan fingerprint density at radius 1 is 1.33 bits per heavy atom. The van der Waals surface area contributed by atoms with Crippen LogP contribution < -0.4 is 10.9 Å². The molecule has 0 bridgehead atoms. The van der Waals surface area contributed by atoms with Gasteiger partial charge in [-0.1, -0.05) is 13.3 Å². The average molecular weight is 317 g/mol. The Kier molecular flexibility index (Phi) is 7.96. The first-order valence-corrected chi connectivity index (χ1v) is 7.18. The summed E-state index contributed by atoms with van der Waals surface area (Å²) in [6.07, 6.45) is 4.09. The molecule has 0 aliphatic carbocycles. The van der Waals surface area contributed by atoms with Crippen molar-refractivity contribution in [2.24, 2.45) is 0 Å². The molecule has 1 aromatic rings. The highest BCUT2D eigenvalue weighted by Gasteiger charge is 1.96. The molecular formula is C13H21BrN2O2. The van der Waals surface area contributed by atoms with Crippen LogP contribution in [0, 0.1) is 0 Å². The lowest BCUT2D eigenvalue weighted by molar-refractivity contribution is 0.133. The van der Waals surface area contributed by atoms with Crippen molar-refractivity contribution < 1.29 is 4.74 Å². The van der Waals surface area contributed by atoms with E-state index in [1.165, 1.54) is 6.42 Å². The lowest BCUT2D eigenvalue weighted by Crippen LogP contribution is -2.28. The van der Waals surface area contributed by atoms with E-state index in [-0.39, 0.29) is 5.56 Å². The Morgan fingerprint density at radius 2 is 2.17 bits per heavy atom. The van der Waals surface area contributed by atoms with Crippen molar-refractivity contribution in [3.05, 3.63) is 33.2 Å². The predicted octanol–water partition coefficient (Wildman–Crippen LogP) is 2.02. The standard InChI is InChI=1S/C13H21BrN2O2/c1-2-3-9-18-10-7-15-6-8-16-11-12(14)4-5-13(16)17/h4-5,11,15H,2-3,6-10H2,1H3. The summed E-state index contributed by atoms with van der Waals surface area (Å²) in [7, 11) is 0. The lowest BCUT2D eigenvalue weighted by atomic mass is 10.4. The number of nitrogens with one attached hydrogen (secondary N) is 1. The molecule has 1 rings (SSSR count). The molecule has 0 aliphatic heterocycles. The third-order valence-corrected chi connectivity index (χ3v) is 3.01. The van der Waals surface area contributed by atoms with E-state index in [0.29, 0.717) is 6.54 Å². The van der Waals surface area contributed by atoms with E-state index in [1.54, 1.807) is 16.7 Å². The Balaban J connectivity index is 2.11. The first kappa shape index (κ1) is 15.4. The lowest BCUT2D eigenvalue weighted by Gasteiger charge is -2.08. The largest absolute Gasteiger partial charge is 0.380 e. The molecule has 1 N–H and O–H groups in total. The van der Waals surface area contributed by atoms with E-state index in [4.69, 9.17) is 4.74 Å². The Morgan fingerprint density at radius 3 is 2.94 bits per heavy atom. The number of hydrogen-bond acceptors (Lipinski definition) is 3. The highest BCUT2D eigenvalue weighted by molar-refractivity contribution is 9.10. The summed E-state index contributed by atoms with van der Waals surface area (Å²) in [5.74, 6) is 0. The molecule has 0 unspecified atom stereocenters. The smallest absolute Gasteiger partial charge is 0.250 e. The monoisotopic (exact) mass is 316 g/mol. The van der Waals surface area contributed by atoms with Crippen molar-refractivity contribution in [3.8, 4) is 0 Å². The van der Waals surface area contributed by atoms with Crippen LogP contribution in [-0.2, 0) is 11.3 Å². The zero-order chi connectivity index (χ0) is 13.2. The summed E-state index contributed by atoms with van der Waals surface area (Å²) in [5.41, 5.74) is 0.0270. The van der Waals surface area contributed by atoms with Crippen molar-refractivity contribution in [1.82, 2.24) is 9.88 Å². The number of unbranched alkanes of at least 4 members (excludes halogenated alkanes) is 1. The van der Waals surface area contributed by atoms with Gasteiger partial charge in [0.1, 0.15) is 0 Å². The Labute approximate surface area is 116 Å². The number of aromatic nitrogens is 1. The van der Waals surface area contributed by atoms with Crippen LogP contribution in [0.2, 0.25) is 0 Å². The molecule has 1 heterocycles. The van der Waals surface area contributed by atoms with E-state index in [0.717, 1.165) is 37.2 Å². The Hall–Kier alpha value is -0.650. The second-order valence-corrected chi connectivity index (χ2v) is 5.01. The maximum Gasteiger partial charge on any atom is 0.250 e. The van der Waals surface area contributed by atoms with Crippen LogP contribution in [0.4, 0.5) is 0 Å². The molecule has 0 saturated carbocycles. The van der Waals surface area contributed by atoms with Crippen LogP contribution in [0.1, 0.15) is 19.8 Å². The van der Waals surface area contributed by atoms with E-state index in [2.05, 4.69) is 28.2 Å². The molecule has 0 aromatic carbocycles. The van der Waals surface area contributed by atoms with Crippen LogP contribution in [-0.4, -0.2) is 30.9 Å². The van der Waals surface area contributed by atoms with Crippen molar-refractivity contribution in [2.45, 2.75) is 26.3 Å². The van der Waals surface area contributed by atoms with Crippen LogP contribution in [0.5, 0.6) is 0 Å². The minimum atomic E-state index is 0.0270. The summed E-state index contributed by atoms with van der Waals surface area (Å²) in [6.45, 7) is 5.99. The van der Waals surface area contributed by atoms with E-state index >= 15 is 0 Å². The van der Waals surface area contributed by atoms with Gasteiger partial charge in [0, 0.05) is 43.0 Å². The van der Waals surface area contributed by atoms with Crippen LogP contribution in [0.15, 0.2) is 27.6 Å². The van der Waals surface area contributed by atoms with E-state index in [9.17, 15) is 4.79 Å². The van der Waals surface area contributed by atoms with Gasteiger partial charge in [-0.05, 0) is 28.4 Å². The molecule has 0 saturated heterocycles. The van der Waals surface area contributed by atoms with Gasteiger partial charge in [-0.15, -0.1) is 0 Å². The fourth-order valence-corrected chi connectivity index (χ4v) is 1.87. The molecule has 0 amide bonds. The summed E-state index contributed by atoms with van der Waals surface area (Å²) in [5, 5.41) is 3.26. The SMILES string of the molecule is CCCCOCCNCCn1cc(Br)ccc1=O. The molecule has 0 atom stereocenters. The average Bonchev–Trinajstić information content (AvgIpc) is 2.36. The summed E-state index contributed by atoms with van der Waals surface area (Å²) in [4.78, 5) is 11.5. The first-order chi connectivity index (χ1) is 8.74. The van der Waals surface area contributed by atoms with Crippen LogP contribution >= 0.6 is 15.9 Å². The quantitative estimate of drug-likeness (QED) is 0.709. The highest BCUT2D eigenvalue weighted by Crippen LogP contribution is 2.04. The second-order valence-electron chi connectivity index (χ2n) is 4.09. The Bertz CT molecular complexity index is 393. The normalized spacial score (nSPS) is 10.8. The van der Waals surface area contributed by atoms with Crippen LogP contribution in [0.3, 0.4) is 0 Å². The zero-order valence-electron chi connectivity index (χ0n) is 10.8. The molecule has 0 aliphatic rings. The van der Waals surface area contributed by atoms with Gasteiger partial charge in [-0.25, -0.2) is 0 Å². The maximum absolute atomic E-state index is 11.5. The number of pyridine rings is 1. The van der Waals surface area contributed by atoms with Gasteiger partial charge >= 0.3 is 0 Å². The van der Waals surface area contributed by atoms with Crippen molar-refractivity contribution >= 4 is 15.9 Å². The van der Waals surface area contributed by atoms with Gasteiger partial charge in [0.05, 0.1) is 6.61 Å². The number of nitrogens with zero attached hydrogens (tertiary/aromatic N) is 1. The topological polar surface area (TPSA) is 43.3 Å². The zero-order valence-corrected chi connectivity index (χ0v) is 12.4. The number of rotatable bonds is 9. The summed E-state index contributed by atoms with van der Waals surface area (Å²) < 4.78 is 8.04. The van der Waals surface area contributed by atoms with Crippen molar-refractivity contribution in [2.75, 3.05) is 26.3 Å². The van der Waals surface area contributed by atoms with Crippen molar-refractivity contribution in [1.29, 1.82) is 0 Å². The second kappa shape index (κ2) is 9.30. The molecule has 1 aromatic heterocycles. The van der Waals surface area contributed by atoms with E-state index in [1.807, 2.05) is 6.20 Å². The number of hydrogen-bond donors (Lipinski definition) is 1. The summed E-state index contributed by atoms with van der Waals surface area (Å²) in [6, 6.07) is 3.33. The predicted molar refractivity (Wildman–Crippen MR) is 77.0 cm³/mol. The van der Waals surface area contributed by atoms with Gasteiger partial charge in [0.2, 0.25) is 0 Å². The van der Waals surface area contributed by atoms with Gasteiger partial charge in [0.25, 0.3) is 5.56 Å². The fourth-order valence-electron chi connectivity index (χ4n) is 1.49. The maximum atomic E-state index is 11.5. The summed E-state index contributed by atoms with van der Waals surface area (Å²) >= 11 is 3.35. The van der Waals surface area contributed by atoms with Crippen LogP contribution in [0.25, 0.3) is 0 Å². The molecule has 5 heteroatoms. The number of halogens is 1.